The summed E-state index contributed by atoms with van der Waals surface area (Å²) in [6.07, 6.45) is 3.47. The van der Waals surface area contributed by atoms with Gasteiger partial charge in [-0.3, -0.25) is 9.78 Å². The molecule has 2 heterocycles. The van der Waals surface area contributed by atoms with Crippen LogP contribution in [-0.2, 0) is 0 Å². The van der Waals surface area contributed by atoms with Gasteiger partial charge in [0, 0.05) is 30.2 Å². The Labute approximate surface area is 127 Å². The topological polar surface area (TPSA) is 46.1 Å². The van der Waals surface area contributed by atoms with E-state index in [1.54, 1.807) is 35.7 Å². The first kappa shape index (κ1) is 13.7. The molecule has 1 amide bonds. The van der Waals surface area contributed by atoms with E-state index in [4.69, 9.17) is 0 Å². The molecule has 4 nitrogen and oxygen atoms in total. The molecular formula is C16H15N3OS. The summed E-state index contributed by atoms with van der Waals surface area (Å²) in [5.74, 6) is -0.0398. The monoisotopic (exact) mass is 297 g/mol. The summed E-state index contributed by atoms with van der Waals surface area (Å²) in [5, 5.41) is 3.82. The second-order valence-electron chi connectivity index (χ2n) is 4.84. The van der Waals surface area contributed by atoms with E-state index in [1.165, 1.54) is 0 Å². The summed E-state index contributed by atoms with van der Waals surface area (Å²) in [4.78, 5) is 23.1. The molecule has 1 aromatic carbocycles. The lowest BCUT2D eigenvalue weighted by molar-refractivity contribution is 0.0744. The number of hydrogen-bond acceptors (Lipinski definition) is 4. The molecule has 0 saturated carbocycles. The maximum absolute atomic E-state index is 12.8. The fourth-order valence-corrected chi connectivity index (χ4v) is 2.99. The Morgan fingerprint density at radius 1 is 1.19 bits per heavy atom. The molecule has 0 N–H and O–H groups in total. The highest BCUT2D eigenvalue weighted by molar-refractivity contribution is 7.09. The highest BCUT2D eigenvalue weighted by atomic mass is 32.1. The molecule has 5 heteroatoms. The van der Waals surface area contributed by atoms with Crippen LogP contribution in [0.5, 0.6) is 0 Å². The van der Waals surface area contributed by atoms with Crippen molar-refractivity contribution in [3.8, 4) is 0 Å². The van der Waals surface area contributed by atoms with Crippen molar-refractivity contribution in [3.05, 3.63) is 58.7 Å². The number of thiazole rings is 1. The molecule has 3 rings (SSSR count). The van der Waals surface area contributed by atoms with Crippen molar-refractivity contribution in [2.24, 2.45) is 0 Å². The third kappa shape index (κ3) is 2.52. The highest BCUT2D eigenvalue weighted by Crippen LogP contribution is 2.24. The second-order valence-corrected chi connectivity index (χ2v) is 5.77. The molecule has 0 fully saturated rings. The zero-order chi connectivity index (χ0) is 14.8. The number of nitrogens with zero attached hydrogens (tertiary/aromatic N) is 3. The minimum atomic E-state index is -0.0588. The van der Waals surface area contributed by atoms with Gasteiger partial charge in [-0.25, -0.2) is 4.98 Å². The largest absolute Gasteiger partial charge is 0.332 e. The molecule has 106 valence electrons. The van der Waals surface area contributed by atoms with Gasteiger partial charge in [-0.2, -0.15) is 0 Å². The Balaban J connectivity index is 1.97. The smallest absolute Gasteiger partial charge is 0.256 e. The third-order valence-electron chi connectivity index (χ3n) is 3.57. The lowest BCUT2D eigenvalue weighted by atomic mass is 10.1. The number of pyridine rings is 1. The van der Waals surface area contributed by atoms with Gasteiger partial charge in [0.25, 0.3) is 5.91 Å². The lowest BCUT2D eigenvalue weighted by Gasteiger charge is -2.23. The fraction of sp³-hybridized carbons (Fsp3) is 0.188. The molecule has 0 unspecified atom stereocenters. The van der Waals surface area contributed by atoms with Crippen molar-refractivity contribution in [1.29, 1.82) is 0 Å². The van der Waals surface area contributed by atoms with Crippen LogP contribution in [0.3, 0.4) is 0 Å². The molecule has 1 atom stereocenters. The van der Waals surface area contributed by atoms with Crippen LogP contribution in [-0.4, -0.2) is 27.8 Å². The summed E-state index contributed by atoms with van der Waals surface area (Å²) in [6.45, 7) is 1.98. The van der Waals surface area contributed by atoms with E-state index in [1.807, 2.05) is 42.6 Å². The number of amides is 1. The van der Waals surface area contributed by atoms with Crippen molar-refractivity contribution in [3.63, 3.8) is 0 Å². The molecule has 0 aliphatic heterocycles. The molecular weight excluding hydrogens is 282 g/mol. The van der Waals surface area contributed by atoms with Crippen LogP contribution < -0.4 is 0 Å². The van der Waals surface area contributed by atoms with Crippen LogP contribution in [0.25, 0.3) is 10.9 Å². The van der Waals surface area contributed by atoms with Gasteiger partial charge in [0.2, 0.25) is 0 Å². The fourth-order valence-electron chi connectivity index (χ4n) is 2.25. The molecule has 21 heavy (non-hydrogen) atoms. The molecule has 3 aromatic rings. The summed E-state index contributed by atoms with van der Waals surface area (Å²) in [7, 11) is 1.80. The number of para-hydroxylation sites is 1. The van der Waals surface area contributed by atoms with Crippen molar-refractivity contribution >= 4 is 28.1 Å². The van der Waals surface area contributed by atoms with E-state index in [0.717, 1.165) is 15.9 Å². The normalized spacial score (nSPS) is 12.3. The summed E-state index contributed by atoms with van der Waals surface area (Å²) >= 11 is 1.55. The number of benzene rings is 1. The van der Waals surface area contributed by atoms with Gasteiger partial charge in [-0.15, -0.1) is 11.3 Å². The number of fused-ring (bicyclic) bond motifs is 1. The SMILES string of the molecule is C[C@@H](c1nccs1)N(C)C(=O)c1cccc2cccnc12. The van der Waals surface area contributed by atoms with Gasteiger partial charge in [0.05, 0.1) is 17.1 Å². The quantitative estimate of drug-likeness (QED) is 0.743. The maximum Gasteiger partial charge on any atom is 0.256 e. The van der Waals surface area contributed by atoms with Gasteiger partial charge in [0.1, 0.15) is 5.01 Å². The molecule has 0 aliphatic carbocycles. The molecule has 2 aromatic heterocycles. The molecule has 0 saturated heterocycles. The van der Waals surface area contributed by atoms with Crippen LogP contribution in [0.15, 0.2) is 48.1 Å². The van der Waals surface area contributed by atoms with Gasteiger partial charge in [-0.05, 0) is 19.1 Å². The average molecular weight is 297 g/mol. The van der Waals surface area contributed by atoms with Crippen LogP contribution in [0.4, 0.5) is 0 Å². The van der Waals surface area contributed by atoms with E-state index in [0.29, 0.717) is 5.56 Å². The number of carbonyl (C=O) groups is 1. The van der Waals surface area contributed by atoms with Gasteiger partial charge in [-0.1, -0.05) is 18.2 Å². The van der Waals surface area contributed by atoms with Crippen LogP contribution in [0.2, 0.25) is 0 Å². The highest BCUT2D eigenvalue weighted by Gasteiger charge is 2.22. The summed E-state index contributed by atoms with van der Waals surface area (Å²) in [5.41, 5.74) is 1.36. The minimum absolute atomic E-state index is 0.0398. The molecule has 0 spiro atoms. The molecule has 0 radical (unpaired) electrons. The van der Waals surface area contributed by atoms with Crippen LogP contribution >= 0.6 is 11.3 Å². The van der Waals surface area contributed by atoms with Crippen molar-refractivity contribution in [2.45, 2.75) is 13.0 Å². The second kappa shape index (κ2) is 5.61. The van der Waals surface area contributed by atoms with Crippen LogP contribution in [0, 0.1) is 0 Å². The molecule has 0 bridgehead atoms. The Morgan fingerprint density at radius 3 is 2.76 bits per heavy atom. The van der Waals surface area contributed by atoms with Gasteiger partial charge >= 0.3 is 0 Å². The summed E-state index contributed by atoms with van der Waals surface area (Å²) < 4.78 is 0. The Morgan fingerprint density at radius 2 is 2.00 bits per heavy atom. The van der Waals surface area contributed by atoms with E-state index in [-0.39, 0.29) is 11.9 Å². The first-order chi connectivity index (χ1) is 10.2. The summed E-state index contributed by atoms with van der Waals surface area (Å²) in [6, 6.07) is 9.45. The Bertz CT molecular complexity index is 765. The first-order valence-corrected chi connectivity index (χ1v) is 7.56. The number of rotatable bonds is 3. The zero-order valence-electron chi connectivity index (χ0n) is 11.9. The standard InChI is InChI=1S/C16H15N3OS/c1-11(15-18-9-10-21-15)19(2)16(20)13-7-3-5-12-6-4-8-17-14(12)13/h3-11H,1-2H3/t11-/m0/s1. The number of carbonyl (C=O) groups excluding carboxylic acids is 1. The Hall–Kier alpha value is -2.27. The lowest BCUT2D eigenvalue weighted by Crippen LogP contribution is -2.29. The van der Waals surface area contributed by atoms with Crippen molar-refractivity contribution in [2.75, 3.05) is 7.05 Å². The Kier molecular flexibility index (Phi) is 3.66. The molecule has 0 aliphatic rings. The minimum Gasteiger partial charge on any atom is -0.332 e. The van der Waals surface area contributed by atoms with E-state index >= 15 is 0 Å². The van der Waals surface area contributed by atoms with E-state index in [2.05, 4.69) is 9.97 Å². The van der Waals surface area contributed by atoms with Crippen molar-refractivity contribution < 1.29 is 4.79 Å². The van der Waals surface area contributed by atoms with Gasteiger partial charge in [0.15, 0.2) is 0 Å². The average Bonchev–Trinajstić information content (AvgIpc) is 3.06. The maximum atomic E-state index is 12.8. The van der Waals surface area contributed by atoms with E-state index in [9.17, 15) is 4.79 Å². The van der Waals surface area contributed by atoms with Crippen LogP contribution in [0.1, 0.15) is 28.3 Å². The first-order valence-electron chi connectivity index (χ1n) is 6.69. The zero-order valence-corrected chi connectivity index (χ0v) is 12.7. The van der Waals surface area contributed by atoms with Gasteiger partial charge < -0.3 is 4.90 Å². The predicted octanol–water partition coefficient (Wildman–Crippen LogP) is 3.52. The number of hydrogen-bond donors (Lipinski definition) is 0. The predicted molar refractivity (Wildman–Crippen MR) is 84.4 cm³/mol. The number of aromatic nitrogens is 2. The van der Waals surface area contributed by atoms with Crippen molar-refractivity contribution in [1.82, 2.24) is 14.9 Å². The van der Waals surface area contributed by atoms with E-state index < -0.39 is 0 Å². The third-order valence-corrected chi connectivity index (χ3v) is 4.52.